The van der Waals surface area contributed by atoms with Crippen LogP contribution in [-0.2, 0) is 14.3 Å². The summed E-state index contributed by atoms with van der Waals surface area (Å²) >= 11 is 6.04. The van der Waals surface area contributed by atoms with Crippen molar-refractivity contribution >= 4 is 23.7 Å². The average molecular weight is 286 g/mol. The molecule has 0 aliphatic heterocycles. The molecule has 0 saturated heterocycles. The number of benzene rings is 1. The minimum Gasteiger partial charge on any atom is -0.458 e. The molecule has 0 saturated carbocycles. The van der Waals surface area contributed by atoms with Crippen molar-refractivity contribution in [2.24, 2.45) is 5.73 Å². The molecule has 0 unspecified atom stereocenters. The van der Waals surface area contributed by atoms with Gasteiger partial charge in [0.25, 0.3) is 0 Å². The molecular weight excluding hydrogens is 270 g/mol. The van der Waals surface area contributed by atoms with Crippen molar-refractivity contribution < 1.29 is 19.1 Å². The van der Waals surface area contributed by atoms with E-state index in [1.807, 2.05) is 0 Å². The molecule has 6 heteroatoms. The molecule has 0 spiro atoms. The number of halogens is 1. The molecule has 0 fully saturated rings. The fourth-order valence-electron chi connectivity index (χ4n) is 1.60. The smallest absolute Gasteiger partial charge is 0.405 e. The fraction of sp³-hybridized carbons (Fsp3) is 0.385. The first kappa shape index (κ1) is 15.3. The number of amides is 1. The molecule has 1 aromatic carbocycles. The van der Waals surface area contributed by atoms with Crippen molar-refractivity contribution in [2.45, 2.75) is 32.5 Å². The second-order valence-corrected chi connectivity index (χ2v) is 4.33. The van der Waals surface area contributed by atoms with Crippen molar-refractivity contribution in [2.75, 3.05) is 0 Å². The number of carbonyl (C=O) groups excluding carboxylic acids is 2. The van der Waals surface area contributed by atoms with Crippen LogP contribution in [0.25, 0.3) is 0 Å². The first-order chi connectivity index (χ1) is 8.95. The summed E-state index contributed by atoms with van der Waals surface area (Å²) in [6.07, 6.45) is -2.23. The number of hydrogen-bond acceptors (Lipinski definition) is 4. The lowest BCUT2D eigenvalue weighted by molar-refractivity contribution is -0.153. The van der Waals surface area contributed by atoms with Crippen molar-refractivity contribution in [3.05, 3.63) is 34.9 Å². The van der Waals surface area contributed by atoms with Crippen LogP contribution in [-0.4, -0.2) is 18.2 Å². The molecule has 0 aliphatic carbocycles. The molecule has 1 aromatic rings. The molecular formula is C13H16ClNO4. The highest BCUT2D eigenvalue weighted by Gasteiger charge is 2.27. The predicted molar refractivity (Wildman–Crippen MR) is 70.7 cm³/mol. The normalized spacial score (nSPS) is 13.4. The highest BCUT2D eigenvalue weighted by atomic mass is 35.5. The van der Waals surface area contributed by atoms with E-state index in [9.17, 15) is 9.59 Å². The largest absolute Gasteiger partial charge is 0.458 e. The summed E-state index contributed by atoms with van der Waals surface area (Å²) in [5.74, 6) is -0.391. The molecule has 0 bridgehead atoms. The summed E-state index contributed by atoms with van der Waals surface area (Å²) in [5.41, 5.74) is 5.58. The molecule has 5 nitrogen and oxygen atoms in total. The van der Waals surface area contributed by atoms with Gasteiger partial charge in [0.2, 0.25) is 0 Å². The van der Waals surface area contributed by atoms with Gasteiger partial charge in [0.1, 0.15) is 6.10 Å². The summed E-state index contributed by atoms with van der Waals surface area (Å²) in [6, 6.07) is 6.83. The fourth-order valence-corrected chi connectivity index (χ4v) is 1.84. The molecule has 0 radical (unpaired) electrons. The van der Waals surface area contributed by atoms with E-state index in [2.05, 4.69) is 0 Å². The Bertz CT molecular complexity index is 464. The molecule has 0 aromatic heterocycles. The molecule has 19 heavy (non-hydrogen) atoms. The molecule has 1 amide bonds. The molecule has 0 aliphatic rings. The minimum atomic E-state index is -0.954. The quantitative estimate of drug-likeness (QED) is 0.844. The number of carbonyl (C=O) groups is 2. The summed E-state index contributed by atoms with van der Waals surface area (Å²) in [4.78, 5) is 22.3. The summed E-state index contributed by atoms with van der Waals surface area (Å²) in [6.45, 7) is 3.29. The van der Waals surface area contributed by atoms with E-state index in [4.69, 9.17) is 26.8 Å². The van der Waals surface area contributed by atoms with E-state index in [0.29, 0.717) is 10.6 Å². The van der Waals surface area contributed by atoms with E-state index in [0.717, 1.165) is 0 Å². The van der Waals surface area contributed by atoms with E-state index in [1.165, 1.54) is 0 Å². The Labute approximate surface area is 116 Å². The van der Waals surface area contributed by atoms with Crippen LogP contribution < -0.4 is 5.73 Å². The van der Waals surface area contributed by atoms with Gasteiger partial charge in [0, 0.05) is 17.0 Å². The van der Waals surface area contributed by atoms with Gasteiger partial charge in [-0.2, -0.15) is 0 Å². The highest BCUT2D eigenvalue weighted by molar-refractivity contribution is 6.31. The number of rotatable bonds is 5. The monoisotopic (exact) mass is 285 g/mol. The first-order valence-electron chi connectivity index (χ1n) is 5.85. The standard InChI is InChI=1S/C13H16ClNO4/c1-3-11(16)18-8(2)12(19-13(15)17)9-6-4-5-7-10(9)14/h4-8,12H,3H2,1-2H3,(H2,15,17)/t8-,12+/m0/s1. The summed E-state index contributed by atoms with van der Waals surface area (Å²) in [5, 5.41) is 0.410. The van der Waals surface area contributed by atoms with Gasteiger partial charge in [-0.1, -0.05) is 36.7 Å². The third-order valence-electron chi connectivity index (χ3n) is 2.49. The number of nitrogens with two attached hydrogens (primary N) is 1. The Morgan fingerprint density at radius 1 is 1.32 bits per heavy atom. The molecule has 2 N–H and O–H groups in total. The Balaban J connectivity index is 2.98. The van der Waals surface area contributed by atoms with E-state index in [1.54, 1.807) is 38.1 Å². The van der Waals surface area contributed by atoms with Crippen LogP contribution in [0.5, 0.6) is 0 Å². The maximum atomic E-state index is 11.3. The number of primary amides is 1. The second-order valence-electron chi connectivity index (χ2n) is 3.93. The van der Waals surface area contributed by atoms with Crippen LogP contribution in [0.1, 0.15) is 31.9 Å². The van der Waals surface area contributed by atoms with Crippen LogP contribution in [0, 0.1) is 0 Å². The van der Waals surface area contributed by atoms with Crippen molar-refractivity contribution in [1.82, 2.24) is 0 Å². The highest BCUT2D eigenvalue weighted by Crippen LogP contribution is 2.29. The topological polar surface area (TPSA) is 78.6 Å². The zero-order valence-electron chi connectivity index (χ0n) is 10.8. The van der Waals surface area contributed by atoms with Gasteiger partial charge in [0.05, 0.1) is 0 Å². The average Bonchev–Trinajstić information content (AvgIpc) is 2.36. The van der Waals surface area contributed by atoms with Crippen LogP contribution in [0.15, 0.2) is 24.3 Å². The van der Waals surface area contributed by atoms with Gasteiger partial charge in [0.15, 0.2) is 6.10 Å². The Morgan fingerprint density at radius 3 is 2.47 bits per heavy atom. The van der Waals surface area contributed by atoms with E-state index >= 15 is 0 Å². The second kappa shape index (κ2) is 6.99. The molecule has 2 atom stereocenters. The van der Waals surface area contributed by atoms with Crippen molar-refractivity contribution in [3.8, 4) is 0 Å². The Hall–Kier alpha value is -1.75. The van der Waals surface area contributed by atoms with Crippen LogP contribution >= 0.6 is 11.6 Å². The first-order valence-corrected chi connectivity index (χ1v) is 6.23. The predicted octanol–water partition coefficient (Wildman–Crippen LogP) is 2.82. The lowest BCUT2D eigenvalue weighted by Crippen LogP contribution is -2.28. The molecule has 1 rings (SSSR count). The Morgan fingerprint density at radius 2 is 1.95 bits per heavy atom. The SMILES string of the molecule is CCC(=O)O[C@@H](C)[C@@H](OC(N)=O)c1ccccc1Cl. The van der Waals surface area contributed by atoms with Crippen LogP contribution in [0.4, 0.5) is 4.79 Å². The number of esters is 1. The van der Waals surface area contributed by atoms with Gasteiger partial charge in [-0.25, -0.2) is 4.79 Å². The zero-order chi connectivity index (χ0) is 14.4. The van der Waals surface area contributed by atoms with Gasteiger partial charge in [-0.3, -0.25) is 4.79 Å². The van der Waals surface area contributed by atoms with Gasteiger partial charge >= 0.3 is 12.1 Å². The molecule has 104 valence electrons. The Kier molecular flexibility index (Phi) is 5.63. The lowest BCUT2D eigenvalue weighted by atomic mass is 10.1. The van der Waals surface area contributed by atoms with Gasteiger partial charge < -0.3 is 15.2 Å². The van der Waals surface area contributed by atoms with Crippen LogP contribution in [0.3, 0.4) is 0 Å². The number of hydrogen-bond donors (Lipinski definition) is 1. The third kappa shape index (κ3) is 4.44. The van der Waals surface area contributed by atoms with Crippen molar-refractivity contribution in [1.29, 1.82) is 0 Å². The molecule has 0 heterocycles. The number of ether oxygens (including phenoxy) is 2. The van der Waals surface area contributed by atoms with E-state index in [-0.39, 0.29) is 6.42 Å². The van der Waals surface area contributed by atoms with Gasteiger partial charge in [-0.05, 0) is 13.0 Å². The minimum absolute atomic E-state index is 0.232. The van der Waals surface area contributed by atoms with Gasteiger partial charge in [-0.15, -0.1) is 0 Å². The van der Waals surface area contributed by atoms with Crippen LogP contribution in [0.2, 0.25) is 5.02 Å². The van der Waals surface area contributed by atoms with Crippen molar-refractivity contribution in [3.63, 3.8) is 0 Å². The van der Waals surface area contributed by atoms with E-state index < -0.39 is 24.3 Å². The lowest BCUT2D eigenvalue weighted by Gasteiger charge is -2.24. The zero-order valence-corrected chi connectivity index (χ0v) is 11.5. The summed E-state index contributed by atoms with van der Waals surface area (Å²) in [7, 11) is 0. The summed E-state index contributed by atoms with van der Waals surface area (Å²) < 4.78 is 10.1. The third-order valence-corrected chi connectivity index (χ3v) is 2.83. The maximum absolute atomic E-state index is 11.3. The maximum Gasteiger partial charge on any atom is 0.405 e.